The summed E-state index contributed by atoms with van der Waals surface area (Å²) in [5.41, 5.74) is 4.37. The molecule has 7 nitrogen and oxygen atoms in total. The third-order valence-electron chi connectivity index (χ3n) is 5.30. The third-order valence-corrected chi connectivity index (χ3v) is 6.70. The van der Waals surface area contributed by atoms with Crippen LogP contribution in [0.5, 0.6) is 0 Å². The van der Waals surface area contributed by atoms with E-state index in [1.54, 1.807) is 0 Å². The molecule has 0 fully saturated rings. The number of hydrogen-bond acceptors (Lipinski definition) is 4. The van der Waals surface area contributed by atoms with Gasteiger partial charge in [-0.2, -0.15) is 0 Å². The number of aromatic nitrogens is 1. The number of rotatable bonds is 5. The second-order valence-corrected chi connectivity index (χ2v) is 9.09. The van der Waals surface area contributed by atoms with Gasteiger partial charge in [0.1, 0.15) is 0 Å². The lowest BCUT2D eigenvalue weighted by molar-refractivity contribution is 0.0693. The molecule has 0 bridgehead atoms. The summed E-state index contributed by atoms with van der Waals surface area (Å²) in [4.78, 5) is 25.0. The van der Waals surface area contributed by atoms with Gasteiger partial charge in [0.25, 0.3) is 11.8 Å². The summed E-state index contributed by atoms with van der Waals surface area (Å²) in [6, 6.07) is 15.7. The molecule has 1 aliphatic heterocycles. The molecule has 0 saturated carbocycles. The molecule has 4 rings (SSSR count). The molecule has 8 heteroatoms. The minimum absolute atomic E-state index is 0.0482. The van der Waals surface area contributed by atoms with E-state index >= 15 is 0 Å². The van der Waals surface area contributed by atoms with Crippen LogP contribution in [0.15, 0.2) is 59.5 Å². The Labute approximate surface area is 175 Å². The number of carbonyl (C=O) groups excluding carboxylic acids is 2. The van der Waals surface area contributed by atoms with E-state index in [0.717, 1.165) is 27.5 Å². The smallest absolute Gasteiger partial charge is 0.261 e. The highest BCUT2D eigenvalue weighted by atomic mass is 32.2. The topological polar surface area (TPSA) is 88.5 Å². The van der Waals surface area contributed by atoms with Crippen LogP contribution in [0, 0.1) is 13.8 Å². The number of hydrogen-bond donors (Lipinski definition) is 1. The maximum absolute atomic E-state index is 12.7. The van der Waals surface area contributed by atoms with Gasteiger partial charge >= 0.3 is 0 Å². The summed E-state index contributed by atoms with van der Waals surface area (Å²) in [5, 5.41) is 0. The summed E-state index contributed by atoms with van der Waals surface area (Å²) >= 11 is 0. The molecule has 1 aromatic heterocycles. The van der Waals surface area contributed by atoms with E-state index in [-0.39, 0.29) is 22.6 Å². The van der Waals surface area contributed by atoms with Gasteiger partial charge in [0.05, 0.1) is 16.0 Å². The molecule has 0 radical (unpaired) electrons. The summed E-state index contributed by atoms with van der Waals surface area (Å²) in [6.45, 7) is 4.17. The molecule has 2 amide bonds. The van der Waals surface area contributed by atoms with Gasteiger partial charge in [-0.25, -0.2) is 13.1 Å². The van der Waals surface area contributed by atoms with Crippen molar-refractivity contribution in [2.75, 3.05) is 7.05 Å². The molecule has 2 aromatic carbocycles. The van der Waals surface area contributed by atoms with Gasteiger partial charge in [-0.05, 0) is 61.9 Å². The highest BCUT2D eigenvalue weighted by Gasteiger charge is 2.33. The van der Waals surface area contributed by atoms with Crippen molar-refractivity contribution >= 4 is 21.8 Å². The van der Waals surface area contributed by atoms with Crippen molar-refractivity contribution in [1.29, 1.82) is 0 Å². The zero-order chi connectivity index (χ0) is 21.6. The van der Waals surface area contributed by atoms with Gasteiger partial charge in [-0.3, -0.25) is 14.5 Å². The second kappa shape index (κ2) is 7.23. The molecule has 0 saturated heterocycles. The summed E-state index contributed by atoms with van der Waals surface area (Å²) in [7, 11) is -2.47. The number of nitrogens with one attached hydrogen (secondary N) is 1. The Balaban J connectivity index is 1.51. The van der Waals surface area contributed by atoms with Gasteiger partial charge in [0, 0.05) is 30.7 Å². The Morgan fingerprint density at radius 3 is 2.07 bits per heavy atom. The van der Waals surface area contributed by atoms with Gasteiger partial charge in [-0.1, -0.05) is 12.1 Å². The molecular formula is C22H21N3O4S. The van der Waals surface area contributed by atoms with Crippen LogP contribution in [0.25, 0.3) is 5.69 Å². The van der Waals surface area contributed by atoms with Crippen LogP contribution in [0.2, 0.25) is 0 Å². The molecule has 0 spiro atoms. The molecule has 1 N–H and O–H groups in total. The normalized spacial score (nSPS) is 13.8. The highest BCUT2D eigenvalue weighted by Crippen LogP contribution is 2.24. The average molecular weight is 423 g/mol. The monoisotopic (exact) mass is 423 g/mol. The van der Waals surface area contributed by atoms with Crippen molar-refractivity contribution in [2.45, 2.75) is 25.3 Å². The summed E-state index contributed by atoms with van der Waals surface area (Å²) in [5.74, 6) is -0.932. The van der Waals surface area contributed by atoms with Gasteiger partial charge in [0.15, 0.2) is 0 Å². The summed E-state index contributed by atoms with van der Waals surface area (Å²) in [6.07, 6.45) is 0. The predicted octanol–water partition coefficient (Wildman–Crippen LogP) is 2.80. The number of nitrogens with zero attached hydrogens (tertiary/aromatic N) is 2. The van der Waals surface area contributed by atoms with Crippen LogP contribution in [-0.4, -0.2) is 36.7 Å². The Morgan fingerprint density at radius 1 is 0.833 bits per heavy atom. The molecule has 30 heavy (non-hydrogen) atoms. The van der Waals surface area contributed by atoms with Crippen LogP contribution in [-0.2, 0) is 16.6 Å². The van der Waals surface area contributed by atoms with E-state index in [9.17, 15) is 18.0 Å². The fourth-order valence-electron chi connectivity index (χ4n) is 3.61. The number of imide groups is 1. The molecule has 0 atom stereocenters. The standard InChI is InChI=1S/C22H21N3O4S/c1-14-4-5-15(2)25(14)17-8-6-16(7-9-17)13-23-30(28,29)18-10-11-19-20(12-18)22(27)24(3)21(19)26/h4-12,23H,13H2,1-3H3. The first kappa shape index (κ1) is 20.1. The van der Waals surface area contributed by atoms with Crippen molar-refractivity contribution in [3.05, 3.63) is 82.7 Å². The SMILES string of the molecule is Cc1ccc(C)n1-c1ccc(CNS(=O)(=O)c2ccc3c(c2)C(=O)N(C)C3=O)cc1. The number of sulfonamides is 1. The van der Waals surface area contributed by atoms with Crippen molar-refractivity contribution in [1.82, 2.24) is 14.2 Å². The molecule has 2 heterocycles. The number of amides is 2. The number of fused-ring (bicyclic) bond motifs is 1. The summed E-state index contributed by atoms with van der Waals surface area (Å²) < 4.78 is 30.1. The number of carbonyl (C=O) groups is 2. The fraction of sp³-hybridized carbons (Fsp3) is 0.182. The number of aryl methyl sites for hydroxylation is 2. The van der Waals surface area contributed by atoms with E-state index in [4.69, 9.17) is 0 Å². The van der Waals surface area contributed by atoms with Crippen molar-refractivity contribution in [3.63, 3.8) is 0 Å². The Bertz CT molecular complexity index is 1250. The van der Waals surface area contributed by atoms with Gasteiger partial charge in [0.2, 0.25) is 10.0 Å². The van der Waals surface area contributed by atoms with E-state index in [0.29, 0.717) is 0 Å². The second-order valence-electron chi connectivity index (χ2n) is 7.32. The molecule has 1 aliphatic rings. The van der Waals surface area contributed by atoms with Gasteiger partial charge < -0.3 is 4.57 Å². The van der Waals surface area contributed by atoms with Crippen LogP contribution in [0.1, 0.15) is 37.7 Å². The van der Waals surface area contributed by atoms with Crippen LogP contribution >= 0.6 is 0 Å². The van der Waals surface area contributed by atoms with Crippen molar-refractivity contribution in [2.24, 2.45) is 0 Å². The Hall–Kier alpha value is -3.23. The quantitative estimate of drug-likeness (QED) is 0.639. The van der Waals surface area contributed by atoms with E-state index in [2.05, 4.69) is 9.29 Å². The molecule has 154 valence electrons. The first-order valence-corrected chi connectivity index (χ1v) is 10.9. The fourth-order valence-corrected chi connectivity index (χ4v) is 4.65. The zero-order valence-electron chi connectivity index (χ0n) is 16.8. The predicted molar refractivity (Wildman–Crippen MR) is 112 cm³/mol. The van der Waals surface area contributed by atoms with E-state index in [1.807, 2.05) is 50.2 Å². The first-order chi connectivity index (χ1) is 14.2. The minimum atomic E-state index is -3.84. The van der Waals surface area contributed by atoms with Gasteiger partial charge in [-0.15, -0.1) is 0 Å². The molecule has 3 aromatic rings. The minimum Gasteiger partial charge on any atom is -0.319 e. The van der Waals surface area contributed by atoms with E-state index in [1.165, 1.54) is 25.2 Å². The van der Waals surface area contributed by atoms with Crippen LogP contribution in [0.4, 0.5) is 0 Å². The average Bonchev–Trinajstić information content (AvgIpc) is 3.18. The third kappa shape index (κ3) is 3.34. The molecule has 0 aliphatic carbocycles. The lowest BCUT2D eigenvalue weighted by atomic mass is 10.1. The maximum Gasteiger partial charge on any atom is 0.261 e. The van der Waals surface area contributed by atoms with Crippen LogP contribution < -0.4 is 4.72 Å². The largest absolute Gasteiger partial charge is 0.319 e. The van der Waals surface area contributed by atoms with E-state index < -0.39 is 21.8 Å². The van der Waals surface area contributed by atoms with Crippen molar-refractivity contribution in [3.8, 4) is 5.69 Å². The first-order valence-electron chi connectivity index (χ1n) is 9.39. The Morgan fingerprint density at radius 2 is 1.43 bits per heavy atom. The maximum atomic E-state index is 12.7. The molecule has 0 unspecified atom stereocenters. The van der Waals surface area contributed by atoms with Crippen molar-refractivity contribution < 1.29 is 18.0 Å². The van der Waals surface area contributed by atoms with Crippen LogP contribution in [0.3, 0.4) is 0 Å². The lowest BCUT2D eigenvalue weighted by Gasteiger charge is -2.11. The lowest BCUT2D eigenvalue weighted by Crippen LogP contribution is -2.24. The Kier molecular flexibility index (Phi) is 4.83. The number of benzene rings is 2. The zero-order valence-corrected chi connectivity index (χ0v) is 17.7. The highest BCUT2D eigenvalue weighted by molar-refractivity contribution is 7.89. The molecular weight excluding hydrogens is 402 g/mol.